The third-order valence-corrected chi connectivity index (χ3v) is 10.6. The number of hydrogen-bond donors (Lipinski definition) is 5. The quantitative estimate of drug-likeness (QED) is 0.0881. The zero-order chi connectivity index (χ0) is 33.5. The van der Waals surface area contributed by atoms with E-state index in [9.17, 15) is 14.4 Å². The van der Waals surface area contributed by atoms with Crippen LogP contribution in [0.25, 0.3) is 17.0 Å². The zero-order valence-electron chi connectivity index (χ0n) is 27.7. The maximum Gasteiger partial charge on any atom is 0.481 e. The number of carbonyl (C=O) groups is 3. The van der Waals surface area contributed by atoms with Gasteiger partial charge in [-0.15, -0.1) is 0 Å². The number of amides is 3. The molecule has 2 aromatic carbocycles. The van der Waals surface area contributed by atoms with E-state index >= 15 is 0 Å². The predicted molar refractivity (Wildman–Crippen MR) is 180 cm³/mol. The van der Waals surface area contributed by atoms with E-state index in [1.165, 1.54) is 6.08 Å². The van der Waals surface area contributed by atoms with Gasteiger partial charge in [-0.25, -0.2) is 5.48 Å². The van der Waals surface area contributed by atoms with Crippen molar-refractivity contribution in [2.75, 3.05) is 0 Å². The fraction of sp³-hybridized carbons (Fsp3) is 0.472. The highest BCUT2D eigenvalue weighted by Crippen LogP contribution is 2.64. The van der Waals surface area contributed by atoms with Crippen molar-refractivity contribution in [1.82, 2.24) is 21.1 Å². The average Bonchev–Trinajstić information content (AvgIpc) is 3.63. The summed E-state index contributed by atoms with van der Waals surface area (Å²) in [4.78, 5) is 42.6. The molecule has 1 aromatic heterocycles. The van der Waals surface area contributed by atoms with Gasteiger partial charge in [0.05, 0.1) is 17.6 Å². The molecular weight excluding hydrogens is 595 g/mol. The van der Waals surface area contributed by atoms with Crippen molar-refractivity contribution in [3.8, 4) is 0 Å². The first kappa shape index (κ1) is 33.0. The van der Waals surface area contributed by atoms with Crippen LogP contribution in [0.4, 0.5) is 0 Å². The van der Waals surface area contributed by atoms with Gasteiger partial charge in [0.25, 0.3) is 11.8 Å². The Hall–Kier alpha value is -3.93. The molecule has 10 nitrogen and oxygen atoms in total. The minimum Gasteiger partial charge on any atom is -0.404 e. The molecule has 6 atom stereocenters. The van der Waals surface area contributed by atoms with E-state index in [0.29, 0.717) is 29.4 Å². The number of para-hydroxylation sites is 1. The molecule has 4 fully saturated rings. The van der Waals surface area contributed by atoms with Crippen LogP contribution >= 0.6 is 0 Å². The van der Waals surface area contributed by atoms with Gasteiger partial charge < -0.3 is 24.9 Å². The van der Waals surface area contributed by atoms with Gasteiger partial charge in [-0.3, -0.25) is 19.6 Å². The second-order valence-electron chi connectivity index (χ2n) is 14.7. The second kappa shape index (κ2) is 12.9. The smallest absolute Gasteiger partial charge is 0.404 e. The predicted octanol–water partition coefficient (Wildman–Crippen LogP) is 4.83. The molecule has 0 radical (unpaired) electrons. The van der Waals surface area contributed by atoms with Crippen LogP contribution in [0, 0.1) is 23.2 Å². The highest BCUT2D eigenvalue weighted by atomic mass is 16.7. The Morgan fingerprint density at radius 3 is 2.64 bits per heavy atom. The number of aromatic nitrogens is 1. The normalized spacial score (nSPS) is 25.7. The number of nitrogens with one attached hydrogen (secondary N) is 4. The Bertz CT molecular complexity index is 1690. The van der Waals surface area contributed by atoms with Gasteiger partial charge in [-0.1, -0.05) is 58.0 Å². The van der Waals surface area contributed by atoms with Crippen LogP contribution in [-0.4, -0.2) is 58.7 Å². The third-order valence-electron chi connectivity index (χ3n) is 10.6. The van der Waals surface area contributed by atoms with Gasteiger partial charge in [0.1, 0.15) is 6.04 Å². The molecule has 3 saturated carbocycles. The number of rotatable bonds is 11. The molecule has 47 heavy (non-hydrogen) atoms. The van der Waals surface area contributed by atoms with E-state index in [1.54, 1.807) is 29.7 Å². The lowest BCUT2D eigenvalue weighted by Crippen LogP contribution is -2.63. The summed E-state index contributed by atoms with van der Waals surface area (Å²) < 4.78 is 13.4. The van der Waals surface area contributed by atoms with Crippen LogP contribution in [-0.2, 0) is 25.3 Å². The Labute approximate surface area is 276 Å². The number of fused-ring (bicyclic) bond motifs is 1. The van der Waals surface area contributed by atoms with Crippen molar-refractivity contribution in [2.24, 2.45) is 23.2 Å². The van der Waals surface area contributed by atoms with E-state index < -0.39 is 30.9 Å². The lowest BCUT2D eigenvalue weighted by atomic mass is 9.45. The standard InChI is InChI=1S/C36H45BN4O6/c1-21(2)15-30(37-46-32-27-18-25(35(27,3)4)19-36(32,5)47-37)40-34(44)29(17-24-20-38-28-12-7-6-11-26(24)28)39-33(43)23-10-8-9-22(16-23)13-14-31(42)41-45/h6-14,16,20-21,25,27,29-30,32,38,45H,15,17-19H2,1-5H3,(H,39,43)(H,40,44)(H,41,42)/b14-13+/t25-,27+,29+,30+,32?,36+/m1/s1. The first-order valence-electron chi connectivity index (χ1n) is 16.6. The number of H-pyrrole nitrogens is 1. The molecule has 7 rings (SSSR count). The molecular formula is C36H45BN4O6. The maximum absolute atomic E-state index is 14.2. The first-order valence-corrected chi connectivity index (χ1v) is 16.6. The van der Waals surface area contributed by atoms with Crippen LogP contribution in [0.15, 0.2) is 60.8 Å². The zero-order valence-corrected chi connectivity index (χ0v) is 27.7. The molecule has 2 heterocycles. The summed E-state index contributed by atoms with van der Waals surface area (Å²) in [6.07, 6.45) is 7.51. The van der Waals surface area contributed by atoms with E-state index in [1.807, 2.05) is 30.5 Å². The van der Waals surface area contributed by atoms with Crippen LogP contribution < -0.4 is 16.1 Å². The van der Waals surface area contributed by atoms with Crippen LogP contribution in [0.5, 0.6) is 0 Å². The van der Waals surface area contributed by atoms with Crippen LogP contribution in [0.2, 0.25) is 0 Å². The highest BCUT2D eigenvalue weighted by Gasteiger charge is 2.67. The summed E-state index contributed by atoms with van der Waals surface area (Å²) in [5.41, 5.74) is 4.14. The number of benzene rings is 2. The maximum atomic E-state index is 14.2. The third kappa shape index (κ3) is 6.61. The lowest BCUT2D eigenvalue weighted by Gasteiger charge is -2.63. The Balaban J connectivity index is 1.24. The van der Waals surface area contributed by atoms with E-state index in [0.717, 1.165) is 35.4 Å². The SMILES string of the molecule is CC(C)C[C@H](NC(=O)[C@H](Cc1c[nH]c2ccccc12)NC(=O)c1cccc(/C=C/C(=O)NO)c1)B1OC2[C@@H]3C[C@H](C[C@]2(C)O1)C3(C)C. The van der Waals surface area contributed by atoms with Gasteiger partial charge >= 0.3 is 7.12 Å². The molecule has 4 aliphatic rings. The molecule has 248 valence electrons. The molecule has 0 spiro atoms. The molecule has 1 saturated heterocycles. The molecule has 2 bridgehead atoms. The van der Waals surface area contributed by atoms with E-state index in [2.05, 4.69) is 50.2 Å². The minimum absolute atomic E-state index is 0.0226. The Morgan fingerprint density at radius 2 is 1.89 bits per heavy atom. The van der Waals surface area contributed by atoms with Crippen molar-refractivity contribution in [3.05, 3.63) is 77.5 Å². The molecule has 11 heteroatoms. The van der Waals surface area contributed by atoms with Gasteiger partial charge in [-0.2, -0.15) is 0 Å². The summed E-state index contributed by atoms with van der Waals surface area (Å²) in [6.45, 7) is 11.0. The van der Waals surface area contributed by atoms with Crippen LogP contribution in [0.1, 0.15) is 75.4 Å². The van der Waals surface area contributed by atoms with Gasteiger partial charge in [0.2, 0.25) is 5.91 Å². The van der Waals surface area contributed by atoms with Crippen molar-refractivity contribution in [1.29, 1.82) is 0 Å². The summed E-state index contributed by atoms with van der Waals surface area (Å²) in [5, 5.41) is 16.0. The summed E-state index contributed by atoms with van der Waals surface area (Å²) in [5.74, 6) is -0.550. The summed E-state index contributed by atoms with van der Waals surface area (Å²) in [6, 6.07) is 13.7. The van der Waals surface area contributed by atoms with Crippen molar-refractivity contribution < 1.29 is 28.9 Å². The van der Waals surface area contributed by atoms with Crippen molar-refractivity contribution in [3.63, 3.8) is 0 Å². The highest BCUT2D eigenvalue weighted by molar-refractivity contribution is 6.48. The summed E-state index contributed by atoms with van der Waals surface area (Å²) in [7, 11) is -0.587. The first-order chi connectivity index (χ1) is 22.4. The number of hydroxylamine groups is 1. The van der Waals surface area contributed by atoms with Gasteiger partial charge in [0.15, 0.2) is 0 Å². The molecule has 3 aromatic rings. The fourth-order valence-electron chi connectivity index (χ4n) is 7.91. The Morgan fingerprint density at radius 1 is 1.11 bits per heavy atom. The van der Waals surface area contributed by atoms with Crippen molar-refractivity contribution in [2.45, 2.75) is 84.0 Å². The molecule has 1 aliphatic heterocycles. The van der Waals surface area contributed by atoms with E-state index in [4.69, 9.17) is 14.5 Å². The number of carbonyl (C=O) groups excluding carboxylic acids is 3. The van der Waals surface area contributed by atoms with Crippen molar-refractivity contribution >= 4 is 41.8 Å². The minimum atomic E-state index is -0.901. The number of hydrogen-bond acceptors (Lipinski definition) is 6. The largest absolute Gasteiger partial charge is 0.481 e. The van der Waals surface area contributed by atoms with E-state index in [-0.39, 0.29) is 35.4 Å². The fourth-order valence-corrected chi connectivity index (χ4v) is 7.91. The molecule has 1 unspecified atom stereocenters. The molecule has 3 amide bonds. The van der Waals surface area contributed by atoms with Gasteiger partial charge in [-0.05, 0) is 84.8 Å². The second-order valence-corrected chi connectivity index (χ2v) is 14.7. The number of aromatic amines is 1. The lowest BCUT2D eigenvalue weighted by molar-refractivity contribution is -0.185. The monoisotopic (exact) mass is 640 g/mol. The summed E-state index contributed by atoms with van der Waals surface area (Å²) >= 11 is 0. The van der Waals surface area contributed by atoms with Gasteiger partial charge in [0, 0.05) is 35.2 Å². The molecule has 3 aliphatic carbocycles. The Kier molecular flexibility index (Phi) is 9.08. The topological polar surface area (TPSA) is 142 Å². The van der Waals surface area contributed by atoms with Crippen LogP contribution in [0.3, 0.4) is 0 Å². The average molecular weight is 641 g/mol. The molecule has 5 N–H and O–H groups in total.